The molecule has 1 aromatic heterocycles. The Morgan fingerprint density at radius 3 is 2.57 bits per heavy atom. The average Bonchev–Trinajstić information content (AvgIpc) is 2.37. The van der Waals surface area contributed by atoms with Crippen LogP contribution in [0.25, 0.3) is 0 Å². The van der Waals surface area contributed by atoms with Crippen LogP contribution in [0.1, 0.15) is 68.9 Å². The molecule has 0 aliphatic heterocycles. The standard InChI is InChI=1S/C16H26N4O/c1-16(2,3)9-13-12(14(17)21)10-18-15(20-13)19-11-7-5-4-6-8-11/h10-11H,4-9H2,1-3H3,(H2,17,21)(H,18,19,20). The number of carbonyl (C=O) groups excluding carboxylic acids is 1. The van der Waals surface area contributed by atoms with Crippen LogP contribution in [0.2, 0.25) is 0 Å². The molecule has 0 atom stereocenters. The van der Waals surface area contributed by atoms with E-state index in [1.54, 1.807) is 6.20 Å². The first-order chi connectivity index (χ1) is 9.85. The van der Waals surface area contributed by atoms with Gasteiger partial charge in [-0.15, -0.1) is 0 Å². The van der Waals surface area contributed by atoms with Gasteiger partial charge in [-0.3, -0.25) is 4.79 Å². The highest BCUT2D eigenvalue weighted by molar-refractivity contribution is 5.93. The highest BCUT2D eigenvalue weighted by Crippen LogP contribution is 2.24. The maximum absolute atomic E-state index is 11.5. The van der Waals surface area contributed by atoms with Gasteiger partial charge in [0.2, 0.25) is 5.95 Å². The second-order valence-electron chi connectivity index (χ2n) is 7.13. The predicted octanol–water partition coefficient (Wildman–Crippen LogP) is 2.91. The molecule has 2 rings (SSSR count). The number of aromatic nitrogens is 2. The summed E-state index contributed by atoms with van der Waals surface area (Å²) < 4.78 is 0. The topological polar surface area (TPSA) is 80.9 Å². The lowest BCUT2D eigenvalue weighted by molar-refractivity contribution is 0.0998. The van der Waals surface area contributed by atoms with Crippen molar-refractivity contribution in [1.29, 1.82) is 0 Å². The zero-order chi connectivity index (χ0) is 15.5. The SMILES string of the molecule is CC(C)(C)Cc1nc(NC2CCCCC2)ncc1C(N)=O. The van der Waals surface area contributed by atoms with E-state index in [9.17, 15) is 4.79 Å². The fourth-order valence-electron chi connectivity index (χ4n) is 2.76. The highest BCUT2D eigenvalue weighted by Gasteiger charge is 2.20. The van der Waals surface area contributed by atoms with Gasteiger partial charge in [0.1, 0.15) is 0 Å². The first-order valence-corrected chi connectivity index (χ1v) is 7.77. The molecule has 0 bridgehead atoms. The monoisotopic (exact) mass is 290 g/mol. The number of nitrogens with one attached hydrogen (secondary N) is 1. The van der Waals surface area contributed by atoms with E-state index in [2.05, 4.69) is 36.1 Å². The third-order valence-corrected chi connectivity index (χ3v) is 3.77. The van der Waals surface area contributed by atoms with Crippen molar-refractivity contribution in [2.45, 2.75) is 65.3 Å². The van der Waals surface area contributed by atoms with Crippen LogP contribution in [0.4, 0.5) is 5.95 Å². The molecule has 0 aromatic carbocycles. The first-order valence-electron chi connectivity index (χ1n) is 7.77. The minimum Gasteiger partial charge on any atom is -0.365 e. The molecule has 1 saturated carbocycles. The van der Waals surface area contributed by atoms with Gasteiger partial charge in [0, 0.05) is 12.2 Å². The van der Waals surface area contributed by atoms with Crippen molar-refractivity contribution in [2.75, 3.05) is 5.32 Å². The zero-order valence-corrected chi connectivity index (χ0v) is 13.3. The zero-order valence-electron chi connectivity index (χ0n) is 13.3. The van der Waals surface area contributed by atoms with Gasteiger partial charge in [0.25, 0.3) is 5.91 Å². The Morgan fingerprint density at radius 2 is 2.00 bits per heavy atom. The molecular formula is C16H26N4O. The van der Waals surface area contributed by atoms with Crippen LogP contribution in [0.5, 0.6) is 0 Å². The van der Waals surface area contributed by atoms with E-state index in [0.717, 1.165) is 18.5 Å². The van der Waals surface area contributed by atoms with Crippen molar-refractivity contribution in [1.82, 2.24) is 9.97 Å². The van der Waals surface area contributed by atoms with E-state index in [4.69, 9.17) is 5.73 Å². The summed E-state index contributed by atoms with van der Waals surface area (Å²) in [7, 11) is 0. The molecule has 1 aliphatic carbocycles. The van der Waals surface area contributed by atoms with Crippen LogP contribution in [-0.4, -0.2) is 21.9 Å². The summed E-state index contributed by atoms with van der Waals surface area (Å²) in [6, 6.07) is 0.445. The number of hydrogen-bond acceptors (Lipinski definition) is 4. The minimum atomic E-state index is -0.460. The van der Waals surface area contributed by atoms with Crippen molar-refractivity contribution in [2.24, 2.45) is 11.1 Å². The molecule has 5 nitrogen and oxygen atoms in total. The van der Waals surface area contributed by atoms with E-state index in [1.165, 1.54) is 19.3 Å². The second-order valence-corrected chi connectivity index (χ2v) is 7.13. The minimum absolute atomic E-state index is 0.0423. The van der Waals surface area contributed by atoms with E-state index >= 15 is 0 Å². The quantitative estimate of drug-likeness (QED) is 0.893. The summed E-state index contributed by atoms with van der Waals surface area (Å²) in [5.74, 6) is 0.157. The number of anilines is 1. The third-order valence-electron chi connectivity index (χ3n) is 3.77. The first kappa shape index (κ1) is 15.7. The van der Waals surface area contributed by atoms with Gasteiger partial charge in [0.05, 0.1) is 11.3 Å². The normalized spacial score (nSPS) is 16.7. The van der Waals surface area contributed by atoms with E-state index in [-0.39, 0.29) is 5.41 Å². The van der Waals surface area contributed by atoms with Gasteiger partial charge in [-0.25, -0.2) is 9.97 Å². The molecule has 21 heavy (non-hydrogen) atoms. The molecule has 1 aliphatic rings. The molecule has 1 fully saturated rings. The molecule has 1 heterocycles. The Bertz CT molecular complexity index is 501. The molecule has 116 valence electrons. The Labute approximate surface area is 126 Å². The summed E-state index contributed by atoms with van der Waals surface area (Å²) >= 11 is 0. The van der Waals surface area contributed by atoms with Gasteiger partial charge < -0.3 is 11.1 Å². The maximum atomic E-state index is 11.5. The predicted molar refractivity (Wildman–Crippen MR) is 84.2 cm³/mol. The van der Waals surface area contributed by atoms with Gasteiger partial charge >= 0.3 is 0 Å². The fraction of sp³-hybridized carbons (Fsp3) is 0.688. The van der Waals surface area contributed by atoms with Crippen molar-refractivity contribution in [3.8, 4) is 0 Å². The fourth-order valence-corrected chi connectivity index (χ4v) is 2.76. The molecule has 5 heteroatoms. The number of amides is 1. The Hall–Kier alpha value is -1.65. The maximum Gasteiger partial charge on any atom is 0.252 e. The smallest absolute Gasteiger partial charge is 0.252 e. The van der Waals surface area contributed by atoms with Crippen LogP contribution in [-0.2, 0) is 6.42 Å². The number of carbonyl (C=O) groups is 1. The van der Waals surface area contributed by atoms with Crippen LogP contribution < -0.4 is 11.1 Å². The Morgan fingerprint density at radius 1 is 1.33 bits per heavy atom. The van der Waals surface area contributed by atoms with Gasteiger partial charge in [-0.1, -0.05) is 40.0 Å². The van der Waals surface area contributed by atoms with Gasteiger partial charge in [0.15, 0.2) is 0 Å². The van der Waals surface area contributed by atoms with E-state index < -0.39 is 5.91 Å². The Balaban J connectivity index is 2.19. The van der Waals surface area contributed by atoms with Crippen LogP contribution in [0.3, 0.4) is 0 Å². The number of hydrogen-bond donors (Lipinski definition) is 2. The van der Waals surface area contributed by atoms with Crippen molar-refractivity contribution in [3.63, 3.8) is 0 Å². The van der Waals surface area contributed by atoms with Crippen molar-refractivity contribution >= 4 is 11.9 Å². The lowest BCUT2D eigenvalue weighted by Crippen LogP contribution is -2.25. The van der Waals surface area contributed by atoms with E-state index in [1.807, 2.05) is 0 Å². The number of rotatable bonds is 4. The second kappa shape index (κ2) is 6.41. The Kier molecular flexibility index (Phi) is 4.80. The number of nitrogens with zero attached hydrogens (tertiary/aromatic N) is 2. The summed E-state index contributed by atoms with van der Waals surface area (Å²) in [5, 5.41) is 3.40. The summed E-state index contributed by atoms with van der Waals surface area (Å²) in [4.78, 5) is 20.3. The lowest BCUT2D eigenvalue weighted by Gasteiger charge is -2.24. The molecule has 0 saturated heterocycles. The van der Waals surface area contributed by atoms with Crippen LogP contribution >= 0.6 is 0 Å². The van der Waals surface area contributed by atoms with E-state index in [0.29, 0.717) is 24.0 Å². The molecule has 0 radical (unpaired) electrons. The van der Waals surface area contributed by atoms with Gasteiger partial charge in [-0.2, -0.15) is 0 Å². The summed E-state index contributed by atoms with van der Waals surface area (Å²) in [6.07, 6.45) is 8.41. The van der Waals surface area contributed by atoms with Crippen molar-refractivity contribution < 1.29 is 4.79 Å². The molecule has 0 unspecified atom stereocenters. The van der Waals surface area contributed by atoms with Crippen LogP contribution in [0, 0.1) is 5.41 Å². The number of primary amides is 1. The largest absolute Gasteiger partial charge is 0.365 e. The average molecular weight is 290 g/mol. The third kappa shape index (κ3) is 4.69. The molecule has 1 aromatic rings. The highest BCUT2D eigenvalue weighted by atomic mass is 16.1. The molecule has 1 amide bonds. The molecule has 0 spiro atoms. The number of nitrogens with two attached hydrogens (primary N) is 1. The summed E-state index contributed by atoms with van der Waals surface area (Å²) in [6.45, 7) is 6.36. The van der Waals surface area contributed by atoms with Crippen LogP contribution in [0.15, 0.2) is 6.20 Å². The van der Waals surface area contributed by atoms with Crippen molar-refractivity contribution in [3.05, 3.63) is 17.5 Å². The molecule has 3 N–H and O–H groups in total. The lowest BCUT2D eigenvalue weighted by atomic mass is 9.89. The van der Waals surface area contributed by atoms with Gasteiger partial charge in [-0.05, 0) is 24.7 Å². The summed E-state index contributed by atoms with van der Waals surface area (Å²) in [5.41, 5.74) is 6.64. The molecular weight excluding hydrogens is 264 g/mol.